The minimum Gasteiger partial charge on any atom is -0.371 e. The third-order valence-corrected chi connectivity index (χ3v) is 3.33. The maximum absolute atomic E-state index is 10.5. The highest BCUT2D eigenvalue weighted by atomic mass is 16.3. The molecule has 0 aliphatic carbocycles. The van der Waals surface area contributed by atoms with Crippen LogP contribution in [-0.2, 0) is 12.1 Å². The standard InChI is InChI=1S/C16H19NO/c1-12-7-3-5-9-14(12)11-16(17,18)15-10-6-4-8-13(15)2/h3-10,18H,11,17H2,1-2H3. The van der Waals surface area contributed by atoms with Crippen molar-refractivity contribution in [2.24, 2.45) is 5.73 Å². The van der Waals surface area contributed by atoms with E-state index in [1.807, 2.05) is 62.4 Å². The van der Waals surface area contributed by atoms with Gasteiger partial charge in [0.15, 0.2) is 0 Å². The monoisotopic (exact) mass is 241 g/mol. The molecule has 0 aliphatic heterocycles. The summed E-state index contributed by atoms with van der Waals surface area (Å²) in [5, 5.41) is 10.5. The first-order chi connectivity index (χ1) is 8.50. The molecule has 2 nitrogen and oxygen atoms in total. The second-order valence-electron chi connectivity index (χ2n) is 4.84. The van der Waals surface area contributed by atoms with Gasteiger partial charge in [-0.1, -0.05) is 48.5 Å². The van der Waals surface area contributed by atoms with Gasteiger partial charge >= 0.3 is 0 Å². The molecule has 0 heterocycles. The van der Waals surface area contributed by atoms with Crippen LogP contribution in [0.1, 0.15) is 22.3 Å². The van der Waals surface area contributed by atoms with E-state index in [9.17, 15) is 5.11 Å². The SMILES string of the molecule is Cc1ccccc1CC(N)(O)c1ccccc1C. The zero-order valence-electron chi connectivity index (χ0n) is 10.9. The lowest BCUT2D eigenvalue weighted by Gasteiger charge is -2.26. The van der Waals surface area contributed by atoms with Crippen LogP contribution in [0.25, 0.3) is 0 Å². The van der Waals surface area contributed by atoms with Crippen LogP contribution in [0.2, 0.25) is 0 Å². The molecular formula is C16H19NO. The molecule has 1 unspecified atom stereocenters. The van der Waals surface area contributed by atoms with Gasteiger partial charge in [0.1, 0.15) is 5.72 Å². The van der Waals surface area contributed by atoms with E-state index < -0.39 is 5.72 Å². The van der Waals surface area contributed by atoms with Gasteiger partial charge in [0, 0.05) is 12.0 Å². The van der Waals surface area contributed by atoms with Crippen LogP contribution < -0.4 is 5.73 Å². The molecule has 0 bridgehead atoms. The molecule has 0 aliphatic rings. The van der Waals surface area contributed by atoms with E-state index in [2.05, 4.69) is 0 Å². The largest absolute Gasteiger partial charge is 0.371 e. The molecule has 94 valence electrons. The minimum atomic E-state index is -1.32. The van der Waals surface area contributed by atoms with Gasteiger partial charge < -0.3 is 5.11 Å². The molecule has 0 radical (unpaired) electrons. The molecule has 1 atom stereocenters. The van der Waals surface area contributed by atoms with E-state index in [0.717, 1.165) is 22.3 Å². The predicted molar refractivity (Wildman–Crippen MR) is 74.1 cm³/mol. The highest BCUT2D eigenvalue weighted by Crippen LogP contribution is 2.24. The molecule has 0 spiro atoms. The zero-order chi connectivity index (χ0) is 13.2. The fraction of sp³-hybridized carbons (Fsp3) is 0.250. The van der Waals surface area contributed by atoms with Gasteiger partial charge in [-0.05, 0) is 30.5 Å². The molecule has 0 aromatic heterocycles. The summed E-state index contributed by atoms with van der Waals surface area (Å²) < 4.78 is 0. The van der Waals surface area contributed by atoms with Crippen molar-refractivity contribution >= 4 is 0 Å². The van der Waals surface area contributed by atoms with Gasteiger partial charge in [0.05, 0.1) is 0 Å². The Balaban J connectivity index is 2.33. The number of nitrogens with two attached hydrogens (primary N) is 1. The Morgan fingerprint density at radius 3 is 2.11 bits per heavy atom. The summed E-state index contributed by atoms with van der Waals surface area (Å²) in [7, 11) is 0. The summed E-state index contributed by atoms with van der Waals surface area (Å²) in [5.74, 6) is 0. The van der Waals surface area contributed by atoms with Crippen molar-refractivity contribution in [2.45, 2.75) is 26.0 Å². The Morgan fingerprint density at radius 1 is 0.944 bits per heavy atom. The van der Waals surface area contributed by atoms with Crippen LogP contribution in [0.5, 0.6) is 0 Å². The quantitative estimate of drug-likeness (QED) is 0.811. The van der Waals surface area contributed by atoms with E-state index in [4.69, 9.17) is 5.73 Å². The van der Waals surface area contributed by atoms with Gasteiger partial charge in [-0.25, -0.2) is 0 Å². The van der Waals surface area contributed by atoms with Crippen molar-refractivity contribution in [3.63, 3.8) is 0 Å². The molecule has 18 heavy (non-hydrogen) atoms. The third-order valence-electron chi connectivity index (χ3n) is 3.33. The lowest BCUT2D eigenvalue weighted by molar-refractivity contribution is 0.0431. The molecule has 3 N–H and O–H groups in total. The second-order valence-corrected chi connectivity index (χ2v) is 4.84. The van der Waals surface area contributed by atoms with Crippen molar-refractivity contribution in [2.75, 3.05) is 0 Å². The Labute approximate surface area is 108 Å². The number of benzene rings is 2. The Kier molecular flexibility index (Phi) is 3.50. The van der Waals surface area contributed by atoms with E-state index in [0.29, 0.717) is 6.42 Å². The molecule has 2 rings (SSSR count). The topological polar surface area (TPSA) is 46.2 Å². The zero-order valence-corrected chi connectivity index (χ0v) is 10.9. The van der Waals surface area contributed by atoms with Crippen LogP contribution in [0.3, 0.4) is 0 Å². The lowest BCUT2D eigenvalue weighted by atomic mass is 9.91. The van der Waals surface area contributed by atoms with Gasteiger partial charge in [-0.15, -0.1) is 0 Å². The second kappa shape index (κ2) is 4.92. The van der Waals surface area contributed by atoms with Crippen LogP contribution in [0.15, 0.2) is 48.5 Å². The van der Waals surface area contributed by atoms with Crippen LogP contribution in [-0.4, -0.2) is 5.11 Å². The van der Waals surface area contributed by atoms with E-state index in [1.54, 1.807) is 0 Å². The molecule has 0 saturated carbocycles. The number of aliphatic hydroxyl groups is 1. The number of hydrogen-bond acceptors (Lipinski definition) is 2. The fourth-order valence-electron chi connectivity index (χ4n) is 2.25. The fourth-order valence-corrected chi connectivity index (χ4v) is 2.25. The Morgan fingerprint density at radius 2 is 1.50 bits per heavy atom. The van der Waals surface area contributed by atoms with Crippen molar-refractivity contribution < 1.29 is 5.11 Å². The molecule has 0 fully saturated rings. The molecule has 2 aromatic carbocycles. The van der Waals surface area contributed by atoms with E-state index in [-0.39, 0.29) is 0 Å². The maximum Gasteiger partial charge on any atom is 0.143 e. The van der Waals surface area contributed by atoms with Crippen LogP contribution >= 0.6 is 0 Å². The van der Waals surface area contributed by atoms with Crippen molar-refractivity contribution in [1.82, 2.24) is 0 Å². The smallest absolute Gasteiger partial charge is 0.143 e. The number of aryl methyl sites for hydroxylation is 2. The summed E-state index contributed by atoms with van der Waals surface area (Å²) in [6.07, 6.45) is 0.421. The van der Waals surface area contributed by atoms with Crippen LogP contribution in [0.4, 0.5) is 0 Å². The normalized spacial score (nSPS) is 14.2. The van der Waals surface area contributed by atoms with Gasteiger partial charge in [0.2, 0.25) is 0 Å². The Hall–Kier alpha value is -1.64. The summed E-state index contributed by atoms with van der Waals surface area (Å²) in [6.45, 7) is 3.99. The van der Waals surface area contributed by atoms with E-state index >= 15 is 0 Å². The van der Waals surface area contributed by atoms with Gasteiger partial charge in [0.25, 0.3) is 0 Å². The molecular weight excluding hydrogens is 222 g/mol. The average molecular weight is 241 g/mol. The predicted octanol–water partition coefficient (Wildman–Crippen LogP) is 2.65. The molecule has 0 saturated heterocycles. The number of rotatable bonds is 3. The first-order valence-electron chi connectivity index (χ1n) is 6.12. The van der Waals surface area contributed by atoms with Crippen molar-refractivity contribution in [3.05, 3.63) is 70.8 Å². The average Bonchev–Trinajstić information content (AvgIpc) is 2.32. The first-order valence-corrected chi connectivity index (χ1v) is 6.12. The summed E-state index contributed by atoms with van der Waals surface area (Å²) in [6, 6.07) is 15.7. The van der Waals surface area contributed by atoms with Gasteiger partial charge in [-0.2, -0.15) is 0 Å². The lowest BCUT2D eigenvalue weighted by Crippen LogP contribution is -2.39. The summed E-state index contributed by atoms with van der Waals surface area (Å²) in [5.41, 5.74) is 8.79. The summed E-state index contributed by atoms with van der Waals surface area (Å²) >= 11 is 0. The van der Waals surface area contributed by atoms with Gasteiger partial charge in [-0.3, -0.25) is 5.73 Å². The van der Waals surface area contributed by atoms with Crippen LogP contribution in [0, 0.1) is 13.8 Å². The minimum absolute atomic E-state index is 0.421. The van der Waals surface area contributed by atoms with Crippen molar-refractivity contribution in [1.29, 1.82) is 0 Å². The molecule has 0 amide bonds. The van der Waals surface area contributed by atoms with Crippen molar-refractivity contribution in [3.8, 4) is 0 Å². The summed E-state index contributed by atoms with van der Waals surface area (Å²) in [4.78, 5) is 0. The van der Waals surface area contributed by atoms with E-state index in [1.165, 1.54) is 0 Å². The highest BCUT2D eigenvalue weighted by Gasteiger charge is 2.26. The highest BCUT2D eigenvalue weighted by molar-refractivity contribution is 5.34. The third kappa shape index (κ3) is 2.61. The first kappa shape index (κ1) is 12.8. The Bertz CT molecular complexity index is 546. The maximum atomic E-state index is 10.5. The number of hydrogen-bond donors (Lipinski definition) is 2. The molecule has 2 aromatic rings. The molecule has 2 heteroatoms.